The molecule has 1 aromatic carbocycles. The molecule has 0 aliphatic rings. The van der Waals surface area contributed by atoms with Crippen molar-refractivity contribution in [1.82, 2.24) is 10.3 Å². The summed E-state index contributed by atoms with van der Waals surface area (Å²) in [7, 11) is 1.33. The number of benzene rings is 1. The van der Waals surface area contributed by atoms with Crippen LogP contribution in [-0.4, -0.2) is 24.1 Å². The van der Waals surface area contributed by atoms with Crippen molar-refractivity contribution >= 4 is 17.7 Å². The topological polar surface area (TPSA) is 80.3 Å². The third-order valence-corrected chi connectivity index (χ3v) is 2.75. The lowest BCUT2D eigenvalue weighted by Crippen LogP contribution is -2.28. The summed E-state index contributed by atoms with van der Waals surface area (Å²) < 4.78 is 4.62. The quantitative estimate of drug-likeness (QED) is 0.844. The van der Waals surface area contributed by atoms with Crippen molar-refractivity contribution in [1.29, 1.82) is 0 Å². The van der Waals surface area contributed by atoms with E-state index in [0.29, 0.717) is 17.8 Å². The predicted molar refractivity (Wildman–Crippen MR) is 77.9 cm³/mol. The highest BCUT2D eigenvalue weighted by atomic mass is 16.5. The Morgan fingerprint density at radius 3 is 2.57 bits per heavy atom. The first-order valence-electron chi connectivity index (χ1n) is 6.31. The fourth-order valence-corrected chi connectivity index (χ4v) is 1.67. The van der Waals surface area contributed by atoms with Crippen LogP contribution in [0.5, 0.6) is 0 Å². The van der Waals surface area contributed by atoms with Gasteiger partial charge < -0.3 is 15.4 Å². The van der Waals surface area contributed by atoms with Gasteiger partial charge in [0.15, 0.2) is 0 Å². The summed E-state index contributed by atoms with van der Waals surface area (Å²) in [6, 6.07) is 10.00. The molecule has 1 heterocycles. The molecule has 21 heavy (non-hydrogen) atoms. The molecule has 0 aliphatic carbocycles. The Bertz CT molecular complexity index is 612. The van der Waals surface area contributed by atoms with Crippen molar-refractivity contribution in [2.75, 3.05) is 12.4 Å². The number of urea groups is 1. The van der Waals surface area contributed by atoms with Crippen LogP contribution < -0.4 is 10.6 Å². The number of amides is 2. The number of rotatable bonds is 4. The molecule has 2 amide bonds. The summed E-state index contributed by atoms with van der Waals surface area (Å²) in [5.41, 5.74) is 1.97. The fourth-order valence-electron chi connectivity index (χ4n) is 1.67. The van der Waals surface area contributed by atoms with E-state index in [1.54, 1.807) is 48.8 Å². The van der Waals surface area contributed by atoms with Crippen molar-refractivity contribution in [3.63, 3.8) is 0 Å². The molecule has 2 N–H and O–H groups in total. The van der Waals surface area contributed by atoms with E-state index in [0.717, 1.165) is 5.56 Å². The van der Waals surface area contributed by atoms with Gasteiger partial charge in [-0.3, -0.25) is 4.98 Å². The van der Waals surface area contributed by atoms with Gasteiger partial charge in [-0.2, -0.15) is 0 Å². The Labute approximate surface area is 122 Å². The molecule has 0 spiro atoms. The molecule has 0 atom stereocenters. The number of hydrogen-bond acceptors (Lipinski definition) is 4. The molecule has 2 aromatic rings. The van der Waals surface area contributed by atoms with E-state index in [-0.39, 0.29) is 12.0 Å². The van der Waals surface area contributed by atoms with Crippen molar-refractivity contribution in [3.05, 3.63) is 59.9 Å². The van der Waals surface area contributed by atoms with Gasteiger partial charge in [0.2, 0.25) is 0 Å². The van der Waals surface area contributed by atoms with Crippen molar-refractivity contribution in [3.8, 4) is 0 Å². The highest BCUT2D eigenvalue weighted by Gasteiger charge is 2.05. The summed E-state index contributed by atoms with van der Waals surface area (Å²) >= 11 is 0. The van der Waals surface area contributed by atoms with Gasteiger partial charge >= 0.3 is 12.0 Å². The first-order chi connectivity index (χ1) is 10.2. The monoisotopic (exact) mass is 285 g/mol. The van der Waals surface area contributed by atoms with Crippen LogP contribution in [0, 0.1) is 0 Å². The van der Waals surface area contributed by atoms with Crippen LogP contribution in [0.4, 0.5) is 10.5 Å². The van der Waals surface area contributed by atoms with E-state index < -0.39 is 0 Å². The van der Waals surface area contributed by atoms with E-state index in [4.69, 9.17) is 0 Å². The molecule has 2 rings (SSSR count). The van der Waals surface area contributed by atoms with E-state index in [1.807, 2.05) is 0 Å². The maximum atomic E-state index is 11.7. The van der Waals surface area contributed by atoms with Gasteiger partial charge in [0.25, 0.3) is 0 Å². The van der Waals surface area contributed by atoms with Crippen LogP contribution in [0.15, 0.2) is 48.8 Å². The minimum absolute atomic E-state index is 0.319. The van der Waals surface area contributed by atoms with Gasteiger partial charge in [-0.15, -0.1) is 0 Å². The number of nitrogens with one attached hydrogen (secondary N) is 2. The zero-order valence-electron chi connectivity index (χ0n) is 11.5. The molecule has 0 saturated heterocycles. The van der Waals surface area contributed by atoms with Gasteiger partial charge in [0.05, 0.1) is 24.6 Å². The number of anilines is 1. The van der Waals surface area contributed by atoms with Crippen LogP contribution in [0.25, 0.3) is 0 Å². The minimum Gasteiger partial charge on any atom is -0.465 e. The average Bonchev–Trinajstić information content (AvgIpc) is 2.53. The zero-order valence-corrected chi connectivity index (χ0v) is 11.5. The molecule has 6 nitrogen and oxygen atoms in total. The van der Waals surface area contributed by atoms with E-state index in [2.05, 4.69) is 20.4 Å². The lowest BCUT2D eigenvalue weighted by atomic mass is 10.1. The molecule has 108 valence electrons. The number of aromatic nitrogens is 1. The van der Waals surface area contributed by atoms with Crippen molar-refractivity contribution in [2.24, 2.45) is 0 Å². The van der Waals surface area contributed by atoms with Gasteiger partial charge in [-0.25, -0.2) is 9.59 Å². The van der Waals surface area contributed by atoms with Gasteiger partial charge in [-0.1, -0.05) is 12.1 Å². The third kappa shape index (κ3) is 4.31. The van der Waals surface area contributed by atoms with Gasteiger partial charge in [0, 0.05) is 12.7 Å². The van der Waals surface area contributed by atoms with Crippen LogP contribution in [0.2, 0.25) is 0 Å². The zero-order chi connectivity index (χ0) is 15.1. The first-order valence-corrected chi connectivity index (χ1v) is 6.31. The second-order valence-corrected chi connectivity index (χ2v) is 4.24. The molecule has 0 unspecified atom stereocenters. The Hall–Kier alpha value is -2.89. The number of hydrogen-bond donors (Lipinski definition) is 2. The van der Waals surface area contributed by atoms with Crippen molar-refractivity contribution < 1.29 is 14.3 Å². The molecule has 0 saturated carbocycles. The number of ether oxygens (including phenoxy) is 1. The number of esters is 1. The smallest absolute Gasteiger partial charge is 0.337 e. The first kappa shape index (κ1) is 14.5. The number of carbonyl (C=O) groups is 2. The summed E-state index contributed by atoms with van der Waals surface area (Å²) in [5, 5.41) is 5.38. The fraction of sp³-hybridized carbons (Fsp3) is 0.133. The Morgan fingerprint density at radius 1 is 1.19 bits per heavy atom. The minimum atomic E-state index is -0.385. The second kappa shape index (κ2) is 7.04. The average molecular weight is 285 g/mol. The molecule has 0 bridgehead atoms. The number of nitrogens with zero attached hydrogens (tertiary/aromatic N) is 1. The number of pyridine rings is 1. The maximum absolute atomic E-state index is 11.7. The summed E-state index contributed by atoms with van der Waals surface area (Å²) in [4.78, 5) is 26.9. The highest BCUT2D eigenvalue weighted by Crippen LogP contribution is 2.06. The summed E-state index contributed by atoms with van der Waals surface area (Å²) in [5.74, 6) is -0.385. The van der Waals surface area contributed by atoms with Crippen LogP contribution in [0.3, 0.4) is 0 Å². The number of carbonyl (C=O) groups excluding carboxylic acids is 2. The molecule has 0 radical (unpaired) electrons. The van der Waals surface area contributed by atoms with Crippen LogP contribution in [-0.2, 0) is 11.3 Å². The van der Waals surface area contributed by atoms with E-state index >= 15 is 0 Å². The summed E-state index contributed by atoms with van der Waals surface area (Å²) in [6.07, 6.45) is 3.19. The Balaban J connectivity index is 1.85. The SMILES string of the molecule is COC(=O)c1ccc(CNC(=O)Nc2cccnc2)cc1. The third-order valence-electron chi connectivity index (χ3n) is 2.75. The summed E-state index contributed by atoms with van der Waals surface area (Å²) in [6.45, 7) is 0.355. The van der Waals surface area contributed by atoms with E-state index in [1.165, 1.54) is 7.11 Å². The standard InChI is InChI=1S/C15H15N3O3/c1-21-14(19)12-6-4-11(5-7-12)9-17-15(20)18-13-3-2-8-16-10-13/h2-8,10H,9H2,1H3,(H2,17,18,20). The predicted octanol–water partition coefficient (Wildman–Crippen LogP) is 2.19. The van der Waals surface area contributed by atoms with Crippen LogP contribution >= 0.6 is 0 Å². The number of methoxy groups -OCH3 is 1. The van der Waals surface area contributed by atoms with E-state index in [9.17, 15) is 9.59 Å². The lowest BCUT2D eigenvalue weighted by Gasteiger charge is -2.07. The largest absolute Gasteiger partial charge is 0.465 e. The molecule has 6 heteroatoms. The molecular formula is C15H15N3O3. The Kier molecular flexibility index (Phi) is 4.87. The maximum Gasteiger partial charge on any atom is 0.337 e. The van der Waals surface area contributed by atoms with Crippen LogP contribution in [0.1, 0.15) is 15.9 Å². The van der Waals surface area contributed by atoms with Gasteiger partial charge in [-0.05, 0) is 29.8 Å². The Morgan fingerprint density at radius 2 is 1.95 bits per heavy atom. The molecule has 0 aliphatic heterocycles. The normalized spacial score (nSPS) is 9.76. The molecular weight excluding hydrogens is 270 g/mol. The lowest BCUT2D eigenvalue weighted by molar-refractivity contribution is 0.0600. The van der Waals surface area contributed by atoms with Gasteiger partial charge in [0.1, 0.15) is 0 Å². The molecule has 0 fully saturated rings. The van der Waals surface area contributed by atoms with Crippen molar-refractivity contribution in [2.45, 2.75) is 6.54 Å². The second-order valence-electron chi connectivity index (χ2n) is 4.24. The highest BCUT2D eigenvalue weighted by molar-refractivity contribution is 5.89. The molecule has 1 aromatic heterocycles.